The van der Waals surface area contributed by atoms with Crippen LogP contribution in [0.5, 0.6) is 0 Å². The topological polar surface area (TPSA) is 49.5 Å². The van der Waals surface area contributed by atoms with Crippen LogP contribution < -0.4 is 5.73 Å². The molecule has 3 nitrogen and oxygen atoms in total. The SMILES string of the molecule is CC(O)CCN(C)CCC(N)c1ccccc1Br. The highest BCUT2D eigenvalue weighted by Crippen LogP contribution is 2.23. The van der Waals surface area contributed by atoms with Gasteiger partial charge in [-0.3, -0.25) is 0 Å². The molecule has 3 N–H and O–H groups in total. The number of halogens is 1. The Hall–Kier alpha value is -0.420. The number of aliphatic hydroxyl groups is 1. The minimum Gasteiger partial charge on any atom is -0.393 e. The standard InChI is InChI=1S/C14H23BrN2O/c1-11(18)7-9-17(2)10-8-14(16)12-5-3-4-6-13(12)15/h3-6,11,14,18H,7-10,16H2,1-2H3. The van der Waals surface area contributed by atoms with E-state index in [1.807, 2.05) is 25.1 Å². The molecule has 18 heavy (non-hydrogen) atoms. The maximum atomic E-state index is 9.24. The molecule has 0 aliphatic heterocycles. The summed E-state index contributed by atoms with van der Waals surface area (Å²) in [7, 11) is 2.06. The minimum absolute atomic E-state index is 0.0505. The fourth-order valence-electron chi connectivity index (χ4n) is 1.81. The largest absolute Gasteiger partial charge is 0.393 e. The third-order valence-corrected chi connectivity index (χ3v) is 3.78. The molecule has 2 unspecified atom stereocenters. The van der Waals surface area contributed by atoms with Crippen LogP contribution in [0.4, 0.5) is 0 Å². The van der Waals surface area contributed by atoms with Gasteiger partial charge in [-0.1, -0.05) is 34.1 Å². The number of nitrogens with two attached hydrogens (primary N) is 1. The quantitative estimate of drug-likeness (QED) is 0.813. The molecule has 0 fully saturated rings. The molecule has 0 spiro atoms. The van der Waals surface area contributed by atoms with Gasteiger partial charge in [0, 0.05) is 17.1 Å². The molecule has 102 valence electrons. The van der Waals surface area contributed by atoms with Crippen LogP contribution in [0.15, 0.2) is 28.7 Å². The van der Waals surface area contributed by atoms with E-state index in [1.54, 1.807) is 0 Å². The average Bonchev–Trinajstić information content (AvgIpc) is 2.34. The molecule has 0 aromatic heterocycles. The van der Waals surface area contributed by atoms with Crippen LogP contribution in [0.25, 0.3) is 0 Å². The molecule has 4 heteroatoms. The lowest BCUT2D eigenvalue weighted by molar-refractivity contribution is 0.163. The third-order valence-electron chi connectivity index (χ3n) is 3.06. The molecule has 0 saturated carbocycles. The van der Waals surface area contributed by atoms with Crippen LogP contribution in [0.2, 0.25) is 0 Å². The zero-order valence-electron chi connectivity index (χ0n) is 11.1. The first-order valence-corrected chi connectivity index (χ1v) is 7.16. The van der Waals surface area contributed by atoms with Gasteiger partial charge in [-0.15, -0.1) is 0 Å². The fourth-order valence-corrected chi connectivity index (χ4v) is 2.39. The minimum atomic E-state index is -0.232. The average molecular weight is 315 g/mol. The lowest BCUT2D eigenvalue weighted by Crippen LogP contribution is -2.26. The van der Waals surface area contributed by atoms with Gasteiger partial charge in [0.2, 0.25) is 0 Å². The summed E-state index contributed by atoms with van der Waals surface area (Å²) in [6.07, 6.45) is 1.49. The summed E-state index contributed by atoms with van der Waals surface area (Å²) in [5.74, 6) is 0. The van der Waals surface area contributed by atoms with Crippen LogP contribution in [0, 0.1) is 0 Å². The van der Waals surface area contributed by atoms with Crippen molar-refractivity contribution in [2.75, 3.05) is 20.1 Å². The number of aliphatic hydroxyl groups excluding tert-OH is 1. The van der Waals surface area contributed by atoms with Crippen molar-refractivity contribution in [2.24, 2.45) is 5.73 Å². The molecule has 1 aromatic carbocycles. The van der Waals surface area contributed by atoms with Gasteiger partial charge in [-0.05, 0) is 45.0 Å². The van der Waals surface area contributed by atoms with E-state index in [4.69, 9.17) is 5.73 Å². The van der Waals surface area contributed by atoms with Crippen molar-refractivity contribution in [3.8, 4) is 0 Å². The summed E-state index contributed by atoms with van der Waals surface area (Å²) in [6, 6.07) is 8.14. The van der Waals surface area contributed by atoms with Crippen molar-refractivity contribution in [1.29, 1.82) is 0 Å². The summed E-state index contributed by atoms with van der Waals surface area (Å²) in [4.78, 5) is 2.21. The number of hydrogen-bond acceptors (Lipinski definition) is 3. The second-order valence-corrected chi connectivity index (χ2v) is 5.71. The normalized spacial score (nSPS) is 14.8. The number of hydrogen-bond donors (Lipinski definition) is 2. The molecule has 0 saturated heterocycles. The van der Waals surface area contributed by atoms with E-state index in [-0.39, 0.29) is 12.1 Å². The number of benzene rings is 1. The smallest absolute Gasteiger partial charge is 0.0524 e. The van der Waals surface area contributed by atoms with Crippen molar-refractivity contribution in [1.82, 2.24) is 4.90 Å². The summed E-state index contributed by atoms with van der Waals surface area (Å²) in [5, 5.41) is 9.24. The van der Waals surface area contributed by atoms with E-state index < -0.39 is 0 Å². The Morgan fingerprint density at radius 1 is 1.28 bits per heavy atom. The van der Waals surface area contributed by atoms with E-state index in [2.05, 4.69) is 33.9 Å². The second kappa shape index (κ2) is 7.89. The number of nitrogens with zero attached hydrogens (tertiary/aromatic N) is 1. The molecule has 0 amide bonds. The molecule has 0 radical (unpaired) electrons. The summed E-state index contributed by atoms with van der Waals surface area (Å²) >= 11 is 3.53. The van der Waals surface area contributed by atoms with Crippen LogP contribution in [0.3, 0.4) is 0 Å². The Kier molecular flexibility index (Phi) is 6.86. The Labute approximate surface area is 118 Å². The Morgan fingerprint density at radius 2 is 1.89 bits per heavy atom. The van der Waals surface area contributed by atoms with Crippen molar-refractivity contribution in [2.45, 2.75) is 31.9 Å². The predicted octanol–water partition coefficient (Wildman–Crippen LogP) is 2.54. The zero-order valence-corrected chi connectivity index (χ0v) is 12.7. The van der Waals surface area contributed by atoms with Crippen molar-refractivity contribution < 1.29 is 5.11 Å². The van der Waals surface area contributed by atoms with Gasteiger partial charge >= 0.3 is 0 Å². The predicted molar refractivity (Wildman–Crippen MR) is 79.5 cm³/mol. The van der Waals surface area contributed by atoms with Gasteiger partial charge in [0.05, 0.1) is 6.10 Å². The van der Waals surface area contributed by atoms with E-state index >= 15 is 0 Å². The van der Waals surface area contributed by atoms with E-state index in [1.165, 1.54) is 0 Å². The molecular formula is C14H23BrN2O. The van der Waals surface area contributed by atoms with Gasteiger partial charge in [0.1, 0.15) is 0 Å². The monoisotopic (exact) mass is 314 g/mol. The maximum absolute atomic E-state index is 9.24. The lowest BCUT2D eigenvalue weighted by atomic mass is 10.0. The van der Waals surface area contributed by atoms with Crippen LogP contribution in [0.1, 0.15) is 31.4 Å². The first-order chi connectivity index (χ1) is 8.50. The Bertz CT molecular complexity index is 357. The first-order valence-electron chi connectivity index (χ1n) is 6.37. The first kappa shape index (κ1) is 15.6. The van der Waals surface area contributed by atoms with Crippen LogP contribution in [-0.2, 0) is 0 Å². The fraction of sp³-hybridized carbons (Fsp3) is 0.571. The highest BCUT2D eigenvalue weighted by Gasteiger charge is 2.10. The van der Waals surface area contributed by atoms with Crippen molar-refractivity contribution in [3.05, 3.63) is 34.3 Å². The van der Waals surface area contributed by atoms with Crippen molar-refractivity contribution >= 4 is 15.9 Å². The summed E-state index contributed by atoms with van der Waals surface area (Å²) in [6.45, 7) is 3.66. The van der Waals surface area contributed by atoms with E-state index in [9.17, 15) is 5.11 Å². The highest BCUT2D eigenvalue weighted by molar-refractivity contribution is 9.10. The van der Waals surface area contributed by atoms with Gasteiger partial charge in [0.25, 0.3) is 0 Å². The zero-order chi connectivity index (χ0) is 13.5. The molecule has 1 rings (SSSR count). The van der Waals surface area contributed by atoms with E-state index in [0.29, 0.717) is 0 Å². The molecule has 0 heterocycles. The third kappa shape index (κ3) is 5.48. The molecule has 0 aliphatic carbocycles. The molecular weight excluding hydrogens is 292 g/mol. The Morgan fingerprint density at radius 3 is 2.50 bits per heavy atom. The number of rotatable bonds is 7. The van der Waals surface area contributed by atoms with Crippen molar-refractivity contribution in [3.63, 3.8) is 0 Å². The second-order valence-electron chi connectivity index (χ2n) is 4.86. The lowest BCUT2D eigenvalue weighted by Gasteiger charge is -2.20. The molecule has 0 aliphatic rings. The van der Waals surface area contributed by atoms with Gasteiger partial charge in [-0.25, -0.2) is 0 Å². The molecule has 0 bridgehead atoms. The summed E-state index contributed by atoms with van der Waals surface area (Å²) < 4.78 is 1.07. The van der Waals surface area contributed by atoms with Gasteiger partial charge in [-0.2, -0.15) is 0 Å². The van der Waals surface area contributed by atoms with Gasteiger partial charge in [0.15, 0.2) is 0 Å². The molecule has 2 atom stereocenters. The maximum Gasteiger partial charge on any atom is 0.0524 e. The van der Waals surface area contributed by atoms with Crippen LogP contribution in [-0.4, -0.2) is 36.2 Å². The highest BCUT2D eigenvalue weighted by atomic mass is 79.9. The molecule has 1 aromatic rings. The van der Waals surface area contributed by atoms with Gasteiger partial charge < -0.3 is 15.7 Å². The van der Waals surface area contributed by atoms with E-state index in [0.717, 1.165) is 36.0 Å². The van der Waals surface area contributed by atoms with Crippen LogP contribution >= 0.6 is 15.9 Å². The summed E-state index contributed by atoms with van der Waals surface area (Å²) in [5.41, 5.74) is 7.35. The Balaban J connectivity index is 2.37.